The Morgan fingerprint density at radius 2 is 1.78 bits per heavy atom. The van der Waals surface area contributed by atoms with Gasteiger partial charge in [-0.05, 0) is 43.3 Å². The molecule has 1 fully saturated rings. The van der Waals surface area contributed by atoms with Gasteiger partial charge in [-0.15, -0.1) is 0 Å². The summed E-state index contributed by atoms with van der Waals surface area (Å²) in [6, 6.07) is 12.8. The average Bonchev–Trinajstić information content (AvgIpc) is 2.89. The summed E-state index contributed by atoms with van der Waals surface area (Å²) in [7, 11) is 0. The van der Waals surface area contributed by atoms with Crippen LogP contribution in [-0.4, -0.2) is 24.4 Å². The standard InChI is InChI=1S/C18H17FN2O2/c1-12-2-4-13(5-3-12)18(23)20-15-10-17(22)21(11-15)16-8-6-14(19)7-9-16/h2-9,15H,10-11H2,1H3,(H,20,23)/t15-/m1/s1. The normalized spacial score (nSPS) is 17.4. The number of carbonyl (C=O) groups is 2. The van der Waals surface area contributed by atoms with Gasteiger partial charge in [0.05, 0.1) is 6.04 Å². The molecule has 1 aliphatic rings. The number of hydrogen-bond donors (Lipinski definition) is 1. The molecular weight excluding hydrogens is 295 g/mol. The van der Waals surface area contributed by atoms with Gasteiger partial charge in [0.25, 0.3) is 5.91 Å². The lowest BCUT2D eigenvalue weighted by molar-refractivity contribution is -0.117. The van der Waals surface area contributed by atoms with Crippen LogP contribution in [0.5, 0.6) is 0 Å². The van der Waals surface area contributed by atoms with Gasteiger partial charge < -0.3 is 10.2 Å². The number of anilines is 1. The quantitative estimate of drug-likeness (QED) is 0.947. The van der Waals surface area contributed by atoms with E-state index in [9.17, 15) is 14.0 Å². The molecule has 2 aromatic carbocycles. The van der Waals surface area contributed by atoms with Crippen molar-refractivity contribution in [3.63, 3.8) is 0 Å². The highest BCUT2D eigenvalue weighted by Crippen LogP contribution is 2.22. The predicted octanol–water partition coefficient (Wildman–Crippen LogP) is 2.67. The first-order chi connectivity index (χ1) is 11.0. The van der Waals surface area contributed by atoms with Gasteiger partial charge in [0.1, 0.15) is 5.82 Å². The van der Waals surface area contributed by atoms with Crippen molar-refractivity contribution in [1.29, 1.82) is 0 Å². The maximum Gasteiger partial charge on any atom is 0.251 e. The zero-order chi connectivity index (χ0) is 16.4. The number of hydrogen-bond acceptors (Lipinski definition) is 2. The number of carbonyl (C=O) groups excluding carboxylic acids is 2. The van der Waals surface area contributed by atoms with Gasteiger partial charge in [-0.25, -0.2) is 4.39 Å². The summed E-state index contributed by atoms with van der Waals surface area (Å²) in [6.45, 7) is 2.35. The van der Waals surface area contributed by atoms with Gasteiger partial charge >= 0.3 is 0 Å². The molecule has 1 atom stereocenters. The first-order valence-electron chi connectivity index (χ1n) is 7.46. The van der Waals surface area contributed by atoms with E-state index in [1.54, 1.807) is 29.2 Å². The molecule has 0 aliphatic carbocycles. The van der Waals surface area contributed by atoms with Crippen molar-refractivity contribution in [1.82, 2.24) is 5.32 Å². The highest BCUT2D eigenvalue weighted by Gasteiger charge is 2.31. The second-order valence-electron chi connectivity index (χ2n) is 5.72. The van der Waals surface area contributed by atoms with Crippen molar-refractivity contribution >= 4 is 17.5 Å². The molecule has 1 aliphatic heterocycles. The molecule has 2 amide bonds. The van der Waals surface area contributed by atoms with E-state index >= 15 is 0 Å². The molecule has 0 bridgehead atoms. The van der Waals surface area contributed by atoms with E-state index in [2.05, 4.69) is 5.32 Å². The summed E-state index contributed by atoms with van der Waals surface area (Å²) < 4.78 is 13.0. The molecule has 118 valence electrons. The van der Waals surface area contributed by atoms with Crippen LogP contribution in [0.2, 0.25) is 0 Å². The summed E-state index contributed by atoms with van der Waals surface area (Å²) in [5.74, 6) is -0.612. The van der Waals surface area contributed by atoms with Gasteiger partial charge in [0.2, 0.25) is 5.91 Å². The fourth-order valence-corrected chi connectivity index (χ4v) is 2.65. The number of aryl methyl sites for hydroxylation is 1. The fourth-order valence-electron chi connectivity index (χ4n) is 2.65. The van der Waals surface area contributed by atoms with Crippen LogP contribution in [0.1, 0.15) is 22.3 Å². The number of rotatable bonds is 3. The van der Waals surface area contributed by atoms with Crippen LogP contribution in [0.3, 0.4) is 0 Å². The molecule has 1 saturated heterocycles. The van der Waals surface area contributed by atoms with E-state index in [1.807, 2.05) is 19.1 Å². The Morgan fingerprint density at radius 1 is 1.13 bits per heavy atom. The summed E-state index contributed by atoms with van der Waals surface area (Å²) >= 11 is 0. The molecule has 2 aromatic rings. The van der Waals surface area contributed by atoms with Crippen LogP contribution in [0.4, 0.5) is 10.1 Å². The third-order valence-electron chi connectivity index (χ3n) is 3.91. The van der Waals surface area contributed by atoms with Crippen molar-refractivity contribution < 1.29 is 14.0 Å². The van der Waals surface area contributed by atoms with Crippen LogP contribution < -0.4 is 10.2 Å². The van der Waals surface area contributed by atoms with Crippen LogP contribution in [-0.2, 0) is 4.79 Å². The van der Waals surface area contributed by atoms with Crippen molar-refractivity contribution in [3.8, 4) is 0 Å². The number of amides is 2. The lowest BCUT2D eigenvalue weighted by Gasteiger charge is -2.17. The second kappa shape index (κ2) is 6.20. The van der Waals surface area contributed by atoms with Crippen LogP contribution >= 0.6 is 0 Å². The Morgan fingerprint density at radius 3 is 2.43 bits per heavy atom. The zero-order valence-corrected chi connectivity index (χ0v) is 12.8. The molecule has 0 aromatic heterocycles. The molecule has 0 saturated carbocycles. The maximum absolute atomic E-state index is 13.0. The predicted molar refractivity (Wildman–Crippen MR) is 85.8 cm³/mol. The molecule has 4 nitrogen and oxygen atoms in total. The monoisotopic (exact) mass is 312 g/mol. The summed E-state index contributed by atoms with van der Waals surface area (Å²) in [6.07, 6.45) is 0.245. The van der Waals surface area contributed by atoms with Crippen molar-refractivity contribution in [2.24, 2.45) is 0 Å². The number of nitrogens with zero attached hydrogens (tertiary/aromatic N) is 1. The Hall–Kier alpha value is -2.69. The lowest BCUT2D eigenvalue weighted by Crippen LogP contribution is -2.37. The maximum atomic E-state index is 13.0. The molecule has 1 N–H and O–H groups in total. The molecular formula is C18H17FN2O2. The zero-order valence-electron chi connectivity index (χ0n) is 12.8. The highest BCUT2D eigenvalue weighted by atomic mass is 19.1. The van der Waals surface area contributed by atoms with E-state index in [0.29, 0.717) is 17.8 Å². The van der Waals surface area contributed by atoms with E-state index < -0.39 is 0 Å². The molecule has 23 heavy (non-hydrogen) atoms. The first kappa shape index (κ1) is 15.2. The summed E-state index contributed by atoms with van der Waals surface area (Å²) in [5, 5.41) is 2.88. The van der Waals surface area contributed by atoms with Gasteiger partial charge in [-0.1, -0.05) is 17.7 Å². The highest BCUT2D eigenvalue weighted by molar-refractivity contribution is 5.98. The Bertz CT molecular complexity index is 726. The number of halogens is 1. The van der Waals surface area contributed by atoms with E-state index in [4.69, 9.17) is 0 Å². The molecule has 5 heteroatoms. The van der Waals surface area contributed by atoms with Crippen molar-refractivity contribution in [2.75, 3.05) is 11.4 Å². The van der Waals surface area contributed by atoms with Gasteiger partial charge in [-0.2, -0.15) is 0 Å². The van der Waals surface area contributed by atoms with Crippen molar-refractivity contribution in [2.45, 2.75) is 19.4 Å². The topological polar surface area (TPSA) is 49.4 Å². The molecule has 1 heterocycles. The van der Waals surface area contributed by atoms with Crippen LogP contribution in [0, 0.1) is 12.7 Å². The van der Waals surface area contributed by atoms with E-state index in [1.165, 1.54) is 12.1 Å². The largest absolute Gasteiger partial charge is 0.347 e. The molecule has 0 spiro atoms. The van der Waals surface area contributed by atoms with E-state index in [-0.39, 0.29) is 30.1 Å². The Labute approximate surface area is 133 Å². The Kier molecular flexibility index (Phi) is 4.10. The average molecular weight is 312 g/mol. The number of benzene rings is 2. The van der Waals surface area contributed by atoms with Crippen molar-refractivity contribution in [3.05, 3.63) is 65.5 Å². The minimum atomic E-state index is -0.343. The SMILES string of the molecule is Cc1ccc(C(=O)N[C@@H]2CC(=O)N(c3ccc(F)cc3)C2)cc1. The molecule has 3 rings (SSSR count). The fraction of sp³-hybridized carbons (Fsp3) is 0.222. The van der Waals surface area contributed by atoms with Gasteiger partial charge in [0, 0.05) is 24.2 Å². The van der Waals surface area contributed by atoms with Gasteiger partial charge in [0.15, 0.2) is 0 Å². The minimum Gasteiger partial charge on any atom is -0.347 e. The Balaban J connectivity index is 1.66. The lowest BCUT2D eigenvalue weighted by atomic mass is 10.1. The minimum absolute atomic E-state index is 0.0779. The van der Waals surface area contributed by atoms with Crippen LogP contribution in [0.25, 0.3) is 0 Å². The first-order valence-corrected chi connectivity index (χ1v) is 7.46. The summed E-state index contributed by atoms with van der Waals surface area (Å²) in [5.41, 5.74) is 2.30. The third kappa shape index (κ3) is 3.39. The van der Waals surface area contributed by atoms with Gasteiger partial charge in [-0.3, -0.25) is 9.59 Å². The number of nitrogens with one attached hydrogen (secondary N) is 1. The smallest absolute Gasteiger partial charge is 0.251 e. The summed E-state index contributed by atoms with van der Waals surface area (Å²) in [4.78, 5) is 25.9. The van der Waals surface area contributed by atoms with E-state index in [0.717, 1.165) is 5.56 Å². The van der Waals surface area contributed by atoms with Crippen LogP contribution in [0.15, 0.2) is 48.5 Å². The molecule has 0 radical (unpaired) electrons. The third-order valence-corrected chi connectivity index (χ3v) is 3.91. The molecule has 0 unspecified atom stereocenters. The second-order valence-corrected chi connectivity index (χ2v) is 5.72.